The fraction of sp³-hybridized carbons (Fsp3) is 0.400. The minimum atomic E-state index is -0.274. The molecule has 76 valence electrons. The molecule has 0 bridgehead atoms. The highest BCUT2D eigenvalue weighted by atomic mass is 16.2. The third-order valence-electron chi connectivity index (χ3n) is 1.57. The maximum Gasteiger partial charge on any atom is 0.268 e. The molecule has 4 nitrogen and oxygen atoms in total. The van der Waals surface area contributed by atoms with Crippen LogP contribution in [0.1, 0.15) is 41.7 Å². The van der Waals surface area contributed by atoms with Gasteiger partial charge in [0.05, 0.1) is 5.69 Å². The van der Waals surface area contributed by atoms with E-state index in [-0.39, 0.29) is 11.4 Å². The van der Waals surface area contributed by atoms with Gasteiger partial charge in [0.25, 0.3) is 5.91 Å². The number of nitrogens with one attached hydrogen (secondary N) is 2. The molecule has 4 heteroatoms. The second kappa shape index (κ2) is 3.65. The van der Waals surface area contributed by atoms with E-state index >= 15 is 0 Å². The highest BCUT2D eigenvalue weighted by Crippen LogP contribution is 2.04. The Morgan fingerprint density at radius 3 is 2.50 bits per heavy atom. The lowest BCUT2D eigenvalue weighted by molar-refractivity contribution is 0.0915. The minimum absolute atomic E-state index is 0.203. The standard InChI is InChI=1S/C10H14N2O2/c1-10(2,3)12-9(14)8-5-4-7(6-13)11-8/h4-6,11H,1-3H3,(H,12,14). The van der Waals surface area contributed by atoms with Gasteiger partial charge >= 0.3 is 0 Å². The Bertz CT molecular complexity index is 347. The lowest BCUT2D eigenvalue weighted by Gasteiger charge is -2.19. The van der Waals surface area contributed by atoms with E-state index in [1.165, 1.54) is 0 Å². The van der Waals surface area contributed by atoms with Crippen molar-refractivity contribution in [1.82, 2.24) is 10.3 Å². The van der Waals surface area contributed by atoms with Crippen LogP contribution in [0.5, 0.6) is 0 Å². The van der Waals surface area contributed by atoms with Gasteiger partial charge in [-0.15, -0.1) is 0 Å². The molecule has 1 rings (SSSR count). The van der Waals surface area contributed by atoms with Crippen LogP contribution in [-0.2, 0) is 0 Å². The van der Waals surface area contributed by atoms with Gasteiger partial charge in [-0.25, -0.2) is 0 Å². The molecule has 1 amide bonds. The summed E-state index contributed by atoms with van der Waals surface area (Å²) >= 11 is 0. The van der Waals surface area contributed by atoms with Gasteiger partial charge in [0.1, 0.15) is 5.69 Å². The van der Waals surface area contributed by atoms with Crippen LogP contribution in [0.25, 0.3) is 0 Å². The Hall–Kier alpha value is -1.58. The van der Waals surface area contributed by atoms with Gasteiger partial charge < -0.3 is 10.3 Å². The van der Waals surface area contributed by atoms with E-state index in [1.54, 1.807) is 12.1 Å². The first-order chi connectivity index (χ1) is 6.42. The van der Waals surface area contributed by atoms with Crippen LogP contribution in [0.15, 0.2) is 12.1 Å². The summed E-state index contributed by atoms with van der Waals surface area (Å²) in [5, 5.41) is 2.79. The van der Waals surface area contributed by atoms with Crippen LogP contribution >= 0.6 is 0 Å². The smallest absolute Gasteiger partial charge is 0.268 e. The third-order valence-corrected chi connectivity index (χ3v) is 1.57. The Kier molecular flexibility index (Phi) is 2.74. The highest BCUT2D eigenvalue weighted by molar-refractivity contribution is 5.94. The Labute approximate surface area is 82.7 Å². The van der Waals surface area contributed by atoms with E-state index in [0.29, 0.717) is 17.7 Å². The predicted molar refractivity (Wildman–Crippen MR) is 53.4 cm³/mol. The monoisotopic (exact) mass is 194 g/mol. The Balaban J connectivity index is 2.75. The average molecular weight is 194 g/mol. The first-order valence-corrected chi connectivity index (χ1v) is 4.39. The number of aromatic amines is 1. The molecule has 2 N–H and O–H groups in total. The average Bonchev–Trinajstić information content (AvgIpc) is 2.48. The van der Waals surface area contributed by atoms with Crippen molar-refractivity contribution in [3.05, 3.63) is 23.5 Å². The molecule has 1 aromatic rings. The van der Waals surface area contributed by atoms with E-state index in [1.807, 2.05) is 20.8 Å². The van der Waals surface area contributed by atoms with Crippen LogP contribution in [0.4, 0.5) is 0 Å². The lowest BCUT2D eigenvalue weighted by atomic mass is 10.1. The van der Waals surface area contributed by atoms with Crippen molar-refractivity contribution in [2.45, 2.75) is 26.3 Å². The molecule has 1 aromatic heterocycles. The van der Waals surface area contributed by atoms with Crippen molar-refractivity contribution in [1.29, 1.82) is 0 Å². The topological polar surface area (TPSA) is 62.0 Å². The van der Waals surface area contributed by atoms with Gasteiger partial charge in [-0.2, -0.15) is 0 Å². The molecule has 0 fully saturated rings. The van der Waals surface area contributed by atoms with Crippen molar-refractivity contribution >= 4 is 12.2 Å². The van der Waals surface area contributed by atoms with E-state index in [2.05, 4.69) is 10.3 Å². The molecule has 0 aliphatic rings. The highest BCUT2D eigenvalue weighted by Gasteiger charge is 2.16. The number of aromatic nitrogens is 1. The third kappa shape index (κ3) is 2.73. The fourth-order valence-corrected chi connectivity index (χ4v) is 1.02. The maximum absolute atomic E-state index is 11.5. The summed E-state index contributed by atoms with van der Waals surface area (Å²) in [6.45, 7) is 5.69. The molecular weight excluding hydrogens is 180 g/mol. The first-order valence-electron chi connectivity index (χ1n) is 4.39. The molecule has 0 atom stereocenters. The summed E-state index contributed by atoms with van der Waals surface area (Å²) < 4.78 is 0. The van der Waals surface area contributed by atoms with E-state index in [4.69, 9.17) is 0 Å². The number of hydrogen-bond donors (Lipinski definition) is 2. The van der Waals surface area contributed by atoms with E-state index < -0.39 is 0 Å². The zero-order valence-electron chi connectivity index (χ0n) is 8.55. The molecule has 0 unspecified atom stereocenters. The second-order valence-corrected chi connectivity index (χ2v) is 4.15. The van der Waals surface area contributed by atoms with E-state index in [0.717, 1.165) is 0 Å². The molecule has 0 saturated heterocycles. The molecule has 0 spiro atoms. The molecule has 1 heterocycles. The first kappa shape index (κ1) is 10.5. The normalized spacial score (nSPS) is 11.1. The lowest BCUT2D eigenvalue weighted by Crippen LogP contribution is -2.40. The second-order valence-electron chi connectivity index (χ2n) is 4.15. The molecule has 0 aliphatic heterocycles. The van der Waals surface area contributed by atoms with Crippen LogP contribution in [0.2, 0.25) is 0 Å². The van der Waals surface area contributed by atoms with Crippen molar-refractivity contribution in [3.63, 3.8) is 0 Å². The zero-order valence-corrected chi connectivity index (χ0v) is 8.55. The number of rotatable bonds is 2. The summed E-state index contributed by atoms with van der Waals surface area (Å²) in [7, 11) is 0. The molecule has 0 aliphatic carbocycles. The van der Waals surface area contributed by atoms with Gasteiger partial charge in [0, 0.05) is 5.54 Å². The molecule has 0 saturated carbocycles. The van der Waals surface area contributed by atoms with Gasteiger partial charge in [0.2, 0.25) is 0 Å². The number of H-pyrrole nitrogens is 1. The maximum atomic E-state index is 11.5. The number of carbonyl (C=O) groups is 2. The van der Waals surface area contributed by atoms with Crippen molar-refractivity contribution < 1.29 is 9.59 Å². The van der Waals surface area contributed by atoms with Crippen LogP contribution < -0.4 is 5.32 Å². The Morgan fingerprint density at radius 2 is 2.07 bits per heavy atom. The fourth-order valence-electron chi connectivity index (χ4n) is 1.02. The zero-order chi connectivity index (χ0) is 10.8. The largest absolute Gasteiger partial charge is 0.348 e. The molecule has 0 radical (unpaired) electrons. The minimum Gasteiger partial charge on any atom is -0.348 e. The summed E-state index contributed by atoms with van der Waals surface area (Å²) in [4.78, 5) is 24.6. The van der Waals surface area contributed by atoms with Crippen molar-refractivity contribution in [2.75, 3.05) is 0 Å². The number of carbonyl (C=O) groups excluding carboxylic acids is 2. The van der Waals surface area contributed by atoms with Crippen molar-refractivity contribution in [3.8, 4) is 0 Å². The number of amides is 1. The summed E-state index contributed by atoms with van der Waals surface area (Å²) in [5.74, 6) is -0.203. The molecule has 0 aromatic carbocycles. The summed E-state index contributed by atoms with van der Waals surface area (Å²) in [6.07, 6.45) is 0.674. The predicted octanol–water partition coefficient (Wildman–Crippen LogP) is 1.36. The summed E-state index contributed by atoms with van der Waals surface area (Å²) in [6, 6.07) is 3.16. The number of aldehydes is 1. The molecule has 14 heavy (non-hydrogen) atoms. The Morgan fingerprint density at radius 1 is 1.43 bits per heavy atom. The van der Waals surface area contributed by atoms with Crippen molar-refractivity contribution in [2.24, 2.45) is 0 Å². The van der Waals surface area contributed by atoms with Crippen LogP contribution in [-0.4, -0.2) is 22.7 Å². The summed E-state index contributed by atoms with van der Waals surface area (Å²) in [5.41, 5.74) is 0.537. The van der Waals surface area contributed by atoms with Gasteiger partial charge in [-0.3, -0.25) is 9.59 Å². The SMILES string of the molecule is CC(C)(C)NC(=O)c1ccc(C=O)[nH]1. The van der Waals surface area contributed by atoms with Gasteiger partial charge in [-0.1, -0.05) is 0 Å². The number of hydrogen-bond acceptors (Lipinski definition) is 2. The van der Waals surface area contributed by atoms with Gasteiger partial charge in [-0.05, 0) is 32.9 Å². The van der Waals surface area contributed by atoms with Gasteiger partial charge in [0.15, 0.2) is 6.29 Å². The van der Waals surface area contributed by atoms with Crippen LogP contribution in [0, 0.1) is 0 Å². The molecular formula is C10H14N2O2. The van der Waals surface area contributed by atoms with Crippen LogP contribution in [0.3, 0.4) is 0 Å². The quantitative estimate of drug-likeness (QED) is 0.698. The van der Waals surface area contributed by atoms with E-state index in [9.17, 15) is 9.59 Å².